The largest absolute Gasteiger partial charge is 0.497 e. The van der Waals surface area contributed by atoms with Crippen LogP contribution in [0.4, 0.5) is 0 Å². The summed E-state index contributed by atoms with van der Waals surface area (Å²) in [6.07, 6.45) is 1.83. The minimum Gasteiger partial charge on any atom is -0.497 e. The van der Waals surface area contributed by atoms with Crippen LogP contribution >= 0.6 is 0 Å². The summed E-state index contributed by atoms with van der Waals surface area (Å²) in [6, 6.07) is 24.0. The standard InChI is InChI=1S/C25H18N4O/c1-16-28-24-15-27-23-12-7-19(18-5-3-17(14-26)4-6-18)13-22(23)25(24)29(16)20-8-10-21(30-2)11-9-20/h3-13,15H,1-2H3. The number of aryl methyl sites for hydroxylation is 1. The molecule has 2 aromatic heterocycles. The summed E-state index contributed by atoms with van der Waals surface area (Å²) in [5.74, 6) is 1.71. The van der Waals surface area contributed by atoms with Crippen molar-refractivity contribution in [3.63, 3.8) is 0 Å². The molecular formula is C25H18N4O. The summed E-state index contributed by atoms with van der Waals surface area (Å²) in [7, 11) is 1.66. The molecule has 3 aromatic carbocycles. The van der Waals surface area contributed by atoms with Crippen LogP contribution in [0.2, 0.25) is 0 Å². The van der Waals surface area contributed by atoms with E-state index >= 15 is 0 Å². The molecule has 0 bridgehead atoms. The molecule has 0 atom stereocenters. The minimum absolute atomic E-state index is 0.650. The third kappa shape index (κ3) is 2.87. The first-order valence-electron chi connectivity index (χ1n) is 9.61. The van der Waals surface area contributed by atoms with Crippen LogP contribution in [0.1, 0.15) is 11.4 Å². The van der Waals surface area contributed by atoms with E-state index < -0.39 is 0 Å². The summed E-state index contributed by atoms with van der Waals surface area (Å²) < 4.78 is 7.45. The van der Waals surface area contributed by atoms with Gasteiger partial charge in [-0.2, -0.15) is 5.26 Å². The topological polar surface area (TPSA) is 63.7 Å². The van der Waals surface area contributed by atoms with Gasteiger partial charge in [0.05, 0.1) is 36.0 Å². The van der Waals surface area contributed by atoms with Crippen molar-refractivity contribution in [2.24, 2.45) is 0 Å². The first-order valence-corrected chi connectivity index (χ1v) is 9.61. The number of hydrogen-bond donors (Lipinski definition) is 0. The molecule has 0 N–H and O–H groups in total. The van der Waals surface area contributed by atoms with E-state index in [1.165, 1.54) is 0 Å². The highest BCUT2D eigenvalue weighted by molar-refractivity contribution is 6.04. The van der Waals surface area contributed by atoms with Crippen molar-refractivity contribution in [1.29, 1.82) is 5.26 Å². The third-order valence-corrected chi connectivity index (χ3v) is 5.33. The van der Waals surface area contributed by atoms with Crippen LogP contribution in [0, 0.1) is 18.3 Å². The van der Waals surface area contributed by atoms with Gasteiger partial charge in [-0.1, -0.05) is 18.2 Å². The van der Waals surface area contributed by atoms with Gasteiger partial charge in [0.15, 0.2) is 0 Å². The second kappa shape index (κ2) is 7.02. The fourth-order valence-electron chi connectivity index (χ4n) is 3.84. The zero-order chi connectivity index (χ0) is 20.7. The molecule has 0 aliphatic rings. The molecule has 5 heteroatoms. The monoisotopic (exact) mass is 390 g/mol. The lowest BCUT2D eigenvalue weighted by Gasteiger charge is -2.11. The Morgan fingerprint density at radius 3 is 2.33 bits per heavy atom. The second-order valence-corrected chi connectivity index (χ2v) is 7.11. The number of aromatic nitrogens is 3. The van der Waals surface area contributed by atoms with E-state index in [4.69, 9.17) is 15.0 Å². The molecule has 0 unspecified atom stereocenters. The molecular weight excluding hydrogens is 372 g/mol. The second-order valence-electron chi connectivity index (χ2n) is 7.11. The van der Waals surface area contributed by atoms with Gasteiger partial charge < -0.3 is 4.74 Å². The Balaban J connectivity index is 1.75. The predicted octanol–water partition coefficient (Wildman–Crippen LogP) is 5.43. The molecule has 30 heavy (non-hydrogen) atoms. The first-order chi connectivity index (χ1) is 14.7. The molecule has 5 nitrogen and oxygen atoms in total. The molecule has 0 saturated heterocycles. The molecule has 0 aliphatic carbocycles. The van der Waals surface area contributed by atoms with Gasteiger partial charge >= 0.3 is 0 Å². The van der Waals surface area contributed by atoms with Crippen LogP contribution in [0.5, 0.6) is 5.75 Å². The summed E-state index contributed by atoms with van der Waals surface area (Å²) in [4.78, 5) is 9.35. The van der Waals surface area contributed by atoms with Crippen LogP contribution in [0.15, 0.2) is 72.9 Å². The summed E-state index contributed by atoms with van der Waals surface area (Å²) in [5.41, 5.74) is 6.59. The van der Waals surface area contributed by atoms with Crippen LogP contribution in [-0.4, -0.2) is 21.6 Å². The van der Waals surface area contributed by atoms with Crippen molar-refractivity contribution in [2.75, 3.05) is 7.11 Å². The predicted molar refractivity (Wildman–Crippen MR) is 118 cm³/mol. The summed E-state index contributed by atoms with van der Waals surface area (Å²) >= 11 is 0. The lowest BCUT2D eigenvalue weighted by Crippen LogP contribution is -1.98. The number of nitriles is 1. The van der Waals surface area contributed by atoms with E-state index in [2.05, 4.69) is 27.8 Å². The molecule has 0 aliphatic heterocycles. The van der Waals surface area contributed by atoms with Gasteiger partial charge in [-0.05, 0) is 66.6 Å². The summed E-state index contributed by atoms with van der Waals surface area (Å²) in [6.45, 7) is 2.00. The van der Waals surface area contributed by atoms with Crippen molar-refractivity contribution in [2.45, 2.75) is 6.92 Å². The molecule has 0 amide bonds. The van der Waals surface area contributed by atoms with Gasteiger partial charge in [0.1, 0.15) is 17.1 Å². The lowest BCUT2D eigenvalue weighted by atomic mass is 10.0. The Labute approximate surface area is 173 Å². The molecule has 5 aromatic rings. The fraction of sp³-hybridized carbons (Fsp3) is 0.0800. The normalized spacial score (nSPS) is 11.0. The van der Waals surface area contributed by atoms with Crippen LogP contribution in [-0.2, 0) is 0 Å². The number of fused-ring (bicyclic) bond motifs is 3. The highest BCUT2D eigenvalue weighted by atomic mass is 16.5. The van der Waals surface area contributed by atoms with Crippen molar-refractivity contribution in [1.82, 2.24) is 14.5 Å². The third-order valence-electron chi connectivity index (χ3n) is 5.33. The zero-order valence-corrected chi connectivity index (χ0v) is 16.6. The number of ether oxygens (including phenoxy) is 1. The Morgan fingerprint density at radius 2 is 1.63 bits per heavy atom. The van der Waals surface area contributed by atoms with E-state index in [0.717, 1.165) is 50.3 Å². The Bertz CT molecular complexity index is 1430. The van der Waals surface area contributed by atoms with Crippen LogP contribution < -0.4 is 4.74 Å². The molecule has 0 saturated carbocycles. The van der Waals surface area contributed by atoms with Crippen molar-refractivity contribution >= 4 is 21.9 Å². The number of pyridine rings is 1. The first kappa shape index (κ1) is 17.9. The number of benzene rings is 3. The number of rotatable bonds is 3. The van der Waals surface area contributed by atoms with Crippen LogP contribution in [0.3, 0.4) is 0 Å². The van der Waals surface area contributed by atoms with Crippen molar-refractivity contribution in [3.05, 3.63) is 84.3 Å². The van der Waals surface area contributed by atoms with Gasteiger partial charge in [-0.25, -0.2) is 4.98 Å². The average molecular weight is 390 g/mol. The van der Waals surface area contributed by atoms with E-state index in [0.29, 0.717) is 5.56 Å². The maximum absolute atomic E-state index is 9.06. The fourth-order valence-corrected chi connectivity index (χ4v) is 3.84. The molecule has 0 fully saturated rings. The number of imidazole rings is 1. The Hall–Kier alpha value is -4.17. The molecule has 0 spiro atoms. The Morgan fingerprint density at radius 1 is 0.900 bits per heavy atom. The number of methoxy groups -OCH3 is 1. The maximum Gasteiger partial charge on any atom is 0.119 e. The molecule has 0 radical (unpaired) electrons. The number of hydrogen-bond acceptors (Lipinski definition) is 4. The summed E-state index contributed by atoms with van der Waals surface area (Å²) in [5, 5.41) is 10.1. The highest BCUT2D eigenvalue weighted by Crippen LogP contribution is 2.31. The quantitative estimate of drug-likeness (QED) is 0.412. The average Bonchev–Trinajstić information content (AvgIpc) is 3.15. The van der Waals surface area contributed by atoms with Gasteiger partial charge in [-0.15, -0.1) is 0 Å². The van der Waals surface area contributed by atoms with Gasteiger partial charge in [-0.3, -0.25) is 9.55 Å². The zero-order valence-electron chi connectivity index (χ0n) is 16.6. The van der Waals surface area contributed by atoms with Gasteiger partial charge in [0.25, 0.3) is 0 Å². The van der Waals surface area contributed by atoms with Gasteiger partial charge in [0.2, 0.25) is 0 Å². The maximum atomic E-state index is 9.06. The number of nitrogens with zero attached hydrogens (tertiary/aromatic N) is 4. The van der Waals surface area contributed by atoms with Crippen molar-refractivity contribution < 1.29 is 4.74 Å². The van der Waals surface area contributed by atoms with Crippen molar-refractivity contribution in [3.8, 4) is 28.6 Å². The molecule has 144 valence electrons. The van der Waals surface area contributed by atoms with E-state index in [1.54, 1.807) is 7.11 Å². The van der Waals surface area contributed by atoms with Gasteiger partial charge in [0, 0.05) is 11.1 Å². The minimum atomic E-state index is 0.650. The molecule has 2 heterocycles. The highest BCUT2D eigenvalue weighted by Gasteiger charge is 2.14. The van der Waals surface area contributed by atoms with Crippen LogP contribution in [0.25, 0.3) is 38.8 Å². The smallest absolute Gasteiger partial charge is 0.119 e. The lowest BCUT2D eigenvalue weighted by molar-refractivity contribution is 0.415. The van der Waals surface area contributed by atoms with E-state index in [9.17, 15) is 0 Å². The SMILES string of the molecule is COc1ccc(-n2c(C)nc3cnc4ccc(-c5ccc(C#N)cc5)cc4c32)cc1. The molecule has 5 rings (SSSR count). The Kier molecular flexibility index (Phi) is 4.19. The van der Waals surface area contributed by atoms with E-state index in [1.807, 2.05) is 67.7 Å². The van der Waals surface area contributed by atoms with E-state index in [-0.39, 0.29) is 0 Å².